The average Bonchev–Trinajstić information content (AvgIpc) is 2.29. The van der Waals surface area contributed by atoms with Crippen molar-refractivity contribution < 1.29 is 17.2 Å². The van der Waals surface area contributed by atoms with Gasteiger partial charge in [-0.2, -0.15) is 8.42 Å². The average molecular weight is 225 g/mol. The summed E-state index contributed by atoms with van der Waals surface area (Å²) in [6, 6.07) is 0.943. The highest BCUT2D eigenvalue weighted by Gasteiger charge is 2.28. The van der Waals surface area contributed by atoms with Gasteiger partial charge in [0.05, 0.1) is 4.92 Å². The Balaban J connectivity index is 3.46. The van der Waals surface area contributed by atoms with Gasteiger partial charge in [0, 0.05) is 4.88 Å². The number of aryl methyl sites for hydroxylation is 1. The molecule has 0 aromatic carbocycles. The molecule has 13 heavy (non-hydrogen) atoms. The van der Waals surface area contributed by atoms with Crippen LogP contribution in [-0.4, -0.2) is 13.3 Å². The van der Waals surface area contributed by atoms with Gasteiger partial charge in [0.15, 0.2) is 4.90 Å². The zero-order chi connectivity index (χ0) is 10.2. The van der Waals surface area contributed by atoms with Gasteiger partial charge < -0.3 is 0 Å². The van der Waals surface area contributed by atoms with E-state index in [1.165, 1.54) is 6.92 Å². The van der Waals surface area contributed by atoms with Crippen LogP contribution in [0.4, 0.5) is 8.89 Å². The van der Waals surface area contributed by atoms with Gasteiger partial charge in [-0.05, 0) is 13.0 Å². The van der Waals surface area contributed by atoms with Crippen molar-refractivity contribution in [2.75, 3.05) is 0 Å². The molecule has 1 heterocycles. The highest BCUT2D eigenvalue weighted by Crippen LogP contribution is 2.33. The lowest BCUT2D eigenvalue weighted by Gasteiger charge is -1.87. The first-order valence-electron chi connectivity index (χ1n) is 3.02. The summed E-state index contributed by atoms with van der Waals surface area (Å²) in [6.07, 6.45) is 0. The third kappa shape index (κ3) is 2.01. The van der Waals surface area contributed by atoms with Crippen LogP contribution in [0.15, 0.2) is 11.0 Å². The Labute approximate surface area is 77.2 Å². The summed E-state index contributed by atoms with van der Waals surface area (Å²) in [7, 11) is -4.99. The van der Waals surface area contributed by atoms with Crippen LogP contribution in [0.25, 0.3) is 0 Å². The van der Waals surface area contributed by atoms with Gasteiger partial charge in [0.2, 0.25) is 0 Å². The maximum absolute atomic E-state index is 12.4. The summed E-state index contributed by atoms with van der Waals surface area (Å²) in [6.45, 7) is 1.46. The van der Waals surface area contributed by atoms with Crippen molar-refractivity contribution in [2.45, 2.75) is 11.8 Å². The highest BCUT2D eigenvalue weighted by atomic mass is 32.3. The molecule has 0 atom stereocenters. The first-order chi connectivity index (χ1) is 5.82. The standard InChI is InChI=1S/C5H4FNO4S2/c1-3-2-4(13(6,10)11)5(12-3)7(8)9/h2H,1H3. The molecule has 5 nitrogen and oxygen atoms in total. The first kappa shape index (κ1) is 10.1. The summed E-state index contributed by atoms with van der Waals surface area (Å²) < 4.78 is 33.2. The minimum Gasteiger partial charge on any atom is -0.258 e. The minimum atomic E-state index is -4.99. The molecule has 0 unspecified atom stereocenters. The lowest BCUT2D eigenvalue weighted by molar-refractivity contribution is -0.383. The van der Waals surface area contributed by atoms with Crippen molar-refractivity contribution >= 4 is 26.6 Å². The Morgan fingerprint density at radius 2 is 2.15 bits per heavy atom. The molecule has 8 heteroatoms. The Kier molecular flexibility index (Phi) is 2.35. The molecule has 0 spiro atoms. The SMILES string of the molecule is Cc1cc(S(=O)(=O)F)c([N+](=O)[O-])s1. The van der Waals surface area contributed by atoms with Crippen molar-refractivity contribution in [3.63, 3.8) is 0 Å². The Hall–Kier alpha value is -1.02. The zero-order valence-corrected chi connectivity index (χ0v) is 7.99. The van der Waals surface area contributed by atoms with Gasteiger partial charge in [-0.25, -0.2) is 0 Å². The van der Waals surface area contributed by atoms with Crippen LogP contribution in [0.5, 0.6) is 0 Å². The molecule has 0 saturated carbocycles. The van der Waals surface area contributed by atoms with Crippen LogP contribution in [0.1, 0.15) is 4.88 Å². The van der Waals surface area contributed by atoms with E-state index in [-0.39, 0.29) is 0 Å². The number of halogens is 1. The van der Waals surface area contributed by atoms with Crippen LogP contribution >= 0.6 is 11.3 Å². The molecule has 72 valence electrons. The normalized spacial score (nSPS) is 11.5. The third-order valence-electron chi connectivity index (χ3n) is 1.23. The second kappa shape index (κ2) is 3.04. The van der Waals surface area contributed by atoms with Crippen molar-refractivity contribution in [3.8, 4) is 0 Å². The predicted octanol–water partition coefficient (Wildman–Crippen LogP) is 1.62. The molecule has 1 rings (SSSR count). The monoisotopic (exact) mass is 225 g/mol. The quantitative estimate of drug-likeness (QED) is 0.435. The molecule has 0 saturated heterocycles. The summed E-state index contributed by atoms with van der Waals surface area (Å²) in [5.41, 5.74) is 0. The molecule has 0 aliphatic heterocycles. The second-order valence-electron chi connectivity index (χ2n) is 2.22. The second-order valence-corrected chi connectivity index (χ2v) is 4.77. The van der Waals surface area contributed by atoms with E-state index in [0.717, 1.165) is 6.07 Å². The largest absolute Gasteiger partial charge is 0.345 e. The fraction of sp³-hybridized carbons (Fsp3) is 0.200. The molecular weight excluding hydrogens is 221 g/mol. The minimum absolute atomic E-state index is 0.378. The summed E-state index contributed by atoms with van der Waals surface area (Å²) in [5, 5.41) is 9.59. The van der Waals surface area contributed by atoms with Gasteiger partial charge in [-0.15, -0.1) is 3.89 Å². The smallest absolute Gasteiger partial charge is 0.258 e. The fourth-order valence-electron chi connectivity index (χ4n) is 0.781. The molecule has 0 N–H and O–H groups in total. The maximum atomic E-state index is 12.4. The van der Waals surface area contributed by atoms with Crippen molar-refractivity contribution in [3.05, 3.63) is 21.1 Å². The number of hydrogen-bond donors (Lipinski definition) is 0. The van der Waals surface area contributed by atoms with Gasteiger partial charge >= 0.3 is 15.2 Å². The first-order valence-corrected chi connectivity index (χ1v) is 5.22. The van der Waals surface area contributed by atoms with E-state index in [0.29, 0.717) is 16.2 Å². The van der Waals surface area contributed by atoms with E-state index >= 15 is 0 Å². The number of thiophene rings is 1. The molecule has 0 aliphatic carbocycles. The van der Waals surface area contributed by atoms with Crippen molar-refractivity contribution in [1.29, 1.82) is 0 Å². The summed E-state index contributed by atoms with van der Waals surface area (Å²) >= 11 is 0.631. The van der Waals surface area contributed by atoms with Gasteiger partial charge in [-0.1, -0.05) is 11.3 Å². The lowest BCUT2D eigenvalue weighted by Crippen LogP contribution is -1.94. The van der Waals surface area contributed by atoms with E-state index in [1.807, 2.05) is 0 Å². The Morgan fingerprint density at radius 3 is 2.46 bits per heavy atom. The van der Waals surface area contributed by atoms with E-state index in [2.05, 4.69) is 0 Å². The van der Waals surface area contributed by atoms with E-state index in [9.17, 15) is 22.4 Å². The number of nitro groups is 1. The number of rotatable bonds is 2. The van der Waals surface area contributed by atoms with Gasteiger partial charge in [0.25, 0.3) is 0 Å². The summed E-state index contributed by atoms with van der Waals surface area (Å²) in [5.74, 6) is 0. The number of nitrogens with zero attached hydrogens (tertiary/aromatic N) is 1. The van der Waals surface area contributed by atoms with Gasteiger partial charge in [0.1, 0.15) is 0 Å². The third-order valence-corrected chi connectivity index (χ3v) is 3.20. The fourth-order valence-corrected chi connectivity index (χ4v) is 2.60. The summed E-state index contributed by atoms with van der Waals surface area (Å²) in [4.78, 5) is 8.87. The lowest BCUT2D eigenvalue weighted by atomic mass is 10.5. The molecule has 0 aliphatic rings. The molecule has 1 aromatic rings. The van der Waals surface area contributed by atoms with Crippen LogP contribution < -0.4 is 0 Å². The molecule has 0 bridgehead atoms. The molecule has 0 amide bonds. The van der Waals surface area contributed by atoms with Crippen molar-refractivity contribution in [1.82, 2.24) is 0 Å². The number of hydrogen-bond acceptors (Lipinski definition) is 5. The predicted molar refractivity (Wildman–Crippen MR) is 44.0 cm³/mol. The molecular formula is C5H4FNO4S2. The van der Waals surface area contributed by atoms with Crippen LogP contribution in [0, 0.1) is 17.0 Å². The Bertz CT molecular complexity index is 449. The van der Waals surface area contributed by atoms with Gasteiger partial charge in [-0.3, -0.25) is 10.1 Å². The van der Waals surface area contributed by atoms with E-state index in [1.54, 1.807) is 0 Å². The van der Waals surface area contributed by atoms with Crippen LogP contribution in [-0.2, 0) is 10.2 Å². The molecule has 1 aromatic heterocycles. The van der Waals surface area contributed by atoms with Crippen molar-refractivity contribution in [2.24, 2.45) is 0 Å². The van der Waals surface area contributed by atoms with E-state index in [4.69, 9.17) is 0 Å². The highest BCUT2D eigenvalue weighted by molar-refractivity contribution is 7.86. The molecule has 0 radical (unpaired) electrons. The maximum Gasteiger partial charge on any atom is 0.345 e. The Morgan fingerprint density at radius 1 is 1.62 bits per heavy atom. The zero-order valence-electron chi connectivity index (χ0n) is 6.35. The van der Waals surface area contributed by atoms with Crippen LogP contribution in [0.2, 0.25) is 0 Å². The molecule has 0 fully saturated rings. The van der Waals surface area contributed by atoms with E-state index < -0.39 is 25.0 Å². The topological polar surface area (TPSA) is 77.3 Å². The van der Waals surface area contributed by atoms with Crippen LogP contribution in [0.3, 0.4) is 0 Å².